The monoisotopic (exact) mass is 328 g/mol. The molecule has 0 fully saturated rings. The summed E-state index contributed by atoms with van der Waals surface area (Å²) in [5.41, 5.74) is 3.30. The van der Waals surface area contributed by atoms with Crippen molar-refractivity contribution in [3.05, 3.63) is 34.5 Å². The van der Waals surface area contributed by atoms with Crippen molar-refractivity contribution in [3.63, 3.8) is 0 Å². The Labute approximate surface area is 137 Å². The van der Waals surface area contributed by atoms with E-state index in [0.29, 0.717) is 30.4 Å². The number of aldehydes is 1. The number of hydrogen-bond donors (Lipinski definition) is 0. The Hall–Kier alpha value is -2.34. The van der Waals surface area contributed by atoms with Crippen LogP contribution in [0.5, 0.6) is 11.5 Å². The number of nitrogens with zero attached hydrogens (tertiary/aromatic N) is 2. The van der Waals surface area contributed by atoms with E-state index in [2.05, 4.69) is 18.8 Å². The molecule has 0 atom stereocenters. The van der Waals surface area contributed by atoms with Gasteiger partial charge in [-0.3, -0.25) is 9.20 Å². The van der Waals surface area contributed by atoms with Gasteiger partial charge >= 0.3 is 0 Å². The van der Waals surface area contributed by atoms with Crippen LogP contribution in [0.25, 0.3) is 16.2 Å². The molecule has 3 heterocycles. The molecule has 0 aliphatic carbocycles. The summed E-state index contributed by atoms with van der Waals surface area (Å²) in [6.45, 7) is 5.25. The maximum atomic E-state index is 11.7. The molecule has 0 N–H and O–H groups in total. The van der Waals surface area contributed by atoms with Gasteiger partial charge in [0.2, 0.25) is 0 Å². The van der Waals surface area contributed by atoms with Crippen molar-refractivity contribution in [1.29, 1.82) is 0 Å². The smallest absolute Gasteiger partial charge is 0.195 e. The Morgan fingerprint density at radius 1 is 1.30 bits per heavy atom. The van der Waals surface area contributed by atoms with Crippen molar-refractivity contribution < 1.29 is 14.3 Å². The fourth-order valence-corrected chi connectivity index (χ4v) is 4.08. The lowest BCUT2D eigenvalue weighted by molar-refractivity contribution is 0.111. The van der Waals surface area contributed by atoms with E-state index in [1.54, 1.807) is 11.3 Å². The molecule has 5 nitrogen and oxygen atoms in total. The van der Waals surface area contributed by atoms with Crippen molar-refractivity contribution in [3.8, 4) is 22.8 Å². The molecule has 118 valence electrons. The van der Waals surface area contributed by atoms with Gasteiger partial charge in [-0.05, 0) is 31.5 Å². The summed E-state index contributed by atoms with van der Waals surface area (Å²) >= 11 is 1.61. The number of benzene rings is 1. The minimum absolute atomic E-state index is 0.536. The molecule has 0 bridgehead atoms. The van der Waals surface area contributed by atoms with E-state index in [9.17, 15) is 4.79 Å². The van der Waals surface area contributed by atoms with Crippen LogP contribution in [-0.2, 0) is 6.42 Å². The predicted molar refractivity (Wildman–Crippen MR) is 89.0 cm³/mol. The molecule has 4 rings (SSSR count). The van der Waals surface area contributed by atoms with E-state index in [0.717, 1.165) is 34.7 Å². The minimum atomic E-state index is 0.536. The van der Waals surface area contributed by atoms with Gasteiger partial charge in [0.15, 0.2) is 22.7 Å². The Bertz CT molecular complexity index is 910. The summed E-state index contributed by atoms with van der Waals surface area (Å²) in [4.78, 5) is 18.5. The average Bonchev–Trinajstić information content (AvgIpc) is 3.08. The third-order valence-corrected chi connectivity index (χ3v) is 5.06. The number of fused-ring (bicyclic) bond motifs is 2. The van der Waals surface area contributed by atoms with Gasteiger partial charge in [0.05, 0.1) is 0 Å². The van der Waals surface area contributed by atoms with Crippen LogP contribution in [0.2, 0.25) is 0 Å². The van der Waals surface area contributed by atoms with Crippen molar-refractivity contribution in [2.24, 2.45) is 0 Å². The molecule has 2 aromatic heterocycles. The van der Waals surface area contributed by atoms with Gasteiger partial charge in [-0.2, -0.15) is 0 Å². The quantitative estimate of drug-likeness (QED) is 0.690. The number of ether oxygens (including phenoxy) is 2. The highest BCUT2D eigenvalue weighted by Crippen LogP contribution is 2.36. The zero-order valence-electron chi connectivity index (χ0n) is 13.0. The summed E-state index contributed by atoms with van der Waals surface area (Å²) in [7, 11) is 0. The van der Waals surface area contributed by atoms with Crippen molar-refractivity contribution in [1.82, 2.24) is 9.38 Å². The third kappa shape index (κ3) is 2.13. The first kappa shape index (κ1) is 14.3. The number of hydrogen-bond acceptors (Lipinski definition) is 5. The number of carbonyl (C=O) groups is 1. The topological polar surface area (TPSA) is 52.8 Å². The molecule has 0 spiro atoms. The van der Waals surface area contributed by atoms with E-state index in [-0.39, 0.29) is 0 Å². The molecule has 0 radical (unpaired) electrons. The van der Waals surface area contributed by atoms with E-state index in [1.807, 2.05) is 22.6 Å². The van der Waals surface area contributed by atoms with Crippen LogP contribution in [0.4, 0.5) is 0 Å². The number of aromatic nitrogens is 2. The normalized spacial score (nSPS) is 13.5. The zero-order valence-corrected chi connectivity index (χ0v) is 13.8. The molecule has 0 saturated heterocycles. The highest BCUT2D eigenvalue weighted by atomic mass is 32.1. The van der Waals surface area contributed by atoms with Crippen LogP contribution in [0.3, 0.4) is 0 Å². The molecule has 0 unspecified atom stereocenters. The number of thiazole rings is 1. The van der Waals surface area contributed by atoms with Gasteiger partial charge in [0, 0.05) is 16.1 Å². The Balaban J connectivity index is 1.92. The zero-order chi connectivity index (χ0) is 16.0. The van der Waals surface area contributed by atoms with Crippen LogP contribution in [-0.4, -0.2) is 28.9 Å². The second-order valence-corrected chi connectivity index (χ2v) is 6.58. The maximum Gasteiger partial charge on any atom is 0.195 e. The van der Waals surface area contributed by atoms with Gasteiger partial charge in [0.25, 0.3) is 0 Å². The average molecular weight is 328 g/mol. The summed E-state index contributed by atoms with van der Waals surface area (Å²) in [5.74, 6) is 1.44. The van der Waals surface area contributed by atoms with Gasteiger partial charge in [-0.15, -0.1) is 11.3 Å². The maximum absolute atomic E-state index is 11.7. The standard InChI is InChI=1S/C17H16N2O3S/c1-3-12-10(2)23-17-18-16(13(9-20)19(12)17)11-4-5-14-15(8-11)22-7-6-21-14/h4-5,8-9H,3,6-7H2,1-2H3. The summed E-state index contributed by atoms with van der Waals surface area (Å²) in [6, 6.07) is 5.69. The first-order chi connectivity index (χ1) is 11.2. The lowest BCUT2D eigenvalue weighted by Crippen LogP contribution is -2.15. The van der Waals surface area contributed by atoms with Crippen molar-refractivity contribution in [2.75, 3.05) is 13.2 Å². The molecular formula is C17H16N2O3S. The molecule has 1 aromatic carbocycles. The minimum Gasteiger partial charge on any atom is -0.486 e. The highest BCUT2D eigenvalue weighted by molar-refractivity contribution is 7.17. The SMILES string of the molecule is CCc1c(C)sc2nc(-c3ccc4c(c3)OCCO4)c(C=O)n12. The number of imidazole rings is 1. The molecule has 0 saturated carbocycles. The molecule has 6 heteroatoms. The van der Waals surface area contributed by atoms with Crippen molar-refractivity contribution >= 4 is 22.6 Å². The van der Waals surface area contributed by atoms with E-state index < -0.39 is 0 Å². The van der Waals surface area contributed by atoms with E-state index in [1.165, 1.54) is 4.88 Å². The molecule has 3 aromatic rings. The molecule has 1 aliphatic heterocycles. The van der Waals surface area contributed by atoms with Gasteiger partial charge in [-0.25, -0.2) is 4.98 Å². The van der Waals surface area contributed by atoms with E-state index in [4.69, 9.17) is 9.47 Å². The molecule has 0 amide bonds. The van der Waals surface area contributed by atoms with Crippen molar-refractivity contribution in [2.45, 2.75) is 20.3 Å². The lowest BCUT2D eigenvalue weighted by Gasteiger charge is -2.18. The third-order valence-electron chi connectivity index (χ3n) is 4.07. The Kier molecular flexibility index (Phi) is 3.34. The van der Waals surface area contributed by atoms with Gasteiger partial charge < -0.3 is 9.47 Å². The summed E-state index contributed by atoms with van der Waals surface area (Å²) < 4.78 is 13.2. The number of carbonyl (C=O) groups excluding carboxylic acids is 1. The fraction of sp³-hybridized carbons (Fsp3) is 0.294. The number of aryl methyl sites for hydroxylation is 2. The lowest BCUT2D eigenvalue weighted by atomic mass is 10.1. The fourth-order valence-electron chi connectivity index (χ4n) is 3.01. The van der Waals surface area contributed by atoms with E-state index >= 15 is 0 Å². The first-order valence-electron chi connectivity index (χ1n) is 7.58. The van der Waals surface area contributed by atoms with Crippen LogP contribution >= 0.6 is 11.3 Å². The Morgan fingerprint density at radius 2 is 2.09 bits per heavy atom. The second kappa shape index (κ2) is 5.38. The summed E-state index contributed by atoms with van der Waals surface area (Å²) in [5, 5.41) is 0. The summed E-state index contributed by atoms with van der Waals surface area (Å²) in [6.07, 6.45) is 1.75. The predicted octanol–water partition coefficient (Wildman–Crippen LogP) is 3.52. The van der Waals surface area contributed by atoms with Crippen LogP contribution in [0, 0.1) is 6.92 Å². The Morgan fingerprint density at radius 3 is 2.83 bits per heavy atom. The second-order valence-electron chi connectivity index (χ2n) is 5.40. The first-order valence-corrected chi connectivity index (χ1v) is 8.40. The largest absolute Gasteiger partial charge is 0.486 e. The molecule has 1 aliphatic rings. The van der Waals surface area contributed by atoms with Crippen LogP contribution in [0.15, 0.2) is 18.2 Å². The van der Waals surface area contributed by atoms with Gasteiger partial charge in [-0.1, -0.05) is 6.92 Å². The highest BCUT2D eigenvalue weighted by Gasteiger charge is 2.21. The molecular weight excluding hydrogens is 312 g/mol. The molecule has 23 heavy (non-hydrogen) atoms. The van der Waals surface area contributed by atoms with Crippen LogP contribution in [0.1, 0.15) is 28.0 Å². The van der Waals surface area contributed by atoms with Crippen LogP contribution < -0.4 is 9.47 Å². The number of rotatable bonds is 3. The van der Waals surface area contributed by atoms with Gasteiger partial charge in [0.1, 0.15) is 24.6 Å².